The molecule has 2 rings (SSSR count). The number of nitriles is 1. The molecule has 1 N–H and O–H groups in total. The van der Waals surface area contributed by atoms with Gasteiger partial charge in [0.15, 0.2) is 5.78 Å². The molecule has 3 nitrogen and oxygen atoms in total. The molecule has 4 heteroatoms. The van der Waals surface area contributed by atoms with Gasteiger partial charge < -0.3 is 4.98 Å². The van der Waals surface area contributed by atoms with Crippen molar-refractivity contribution in [2.24, 2.45) is 5.41 Å². The second kappa shape index (κ2) is 3.42. The first-order valence-corrected chi connectivity index (χ1v) is 5.64. The third kappa shape index (κ3) is 1.93. The maximum atomic E-state index is 11.8. The van der Waals surface area contributed by atoms with E-state index in [1.165, 1.54) is 0 Å². The molecule has 0 saturated carbocycles. The number of nitrogens with zero attached hydrogens (tertiary/aromatic N) is 1. The summed E-state index contributed by atoms with van der Waals surface area (Å²) in [6.07, 6.45) is 1.47. The number of aromatic nitrogens is 1. The van der Waals surface area contributed by atoms with E-state index in [2.05, 4.69) is 18.8 Å². The Kier molecular flexibility index (Phi) is 2.35. The van der Waals surface area contributed by atoms with E-state index in [1.54, 1.807) is 6.07 Å². The van der Waals surface area contributed by atoms with Gasteiger partial charge in [-0.15, -0.1) is 0 Å². The van der Waals surface area contributed by atoms with Crippen molar-refractivity contribution >= 4 is 17.5 Å². The van der Waals surface area contributed by atoms with Crippen LogP contribution in [0.4, 0.5) is 0 Å². The molecule has 0 unspecified atom stereocenters. The van der Waals surface area contributed by atoms with Crippen LogP contribution in [0.3, 0.4) is 0 Å². The lowest BCUT2D eigenvalue weighted by Gasteiger charge is -2.27. The second-order valence-corrected chi connectivity index (χ2v) is 5.49. The molecule has 0 spiro atoms. The Morgan fingerprint density at radius 3 is 2.93 bits per heavy atom. The molecule has 0 bridgehead atoms. The van der Waals surface area contributed by atoms with E-state index in [0.717, 1.165) is 34.5 Å². The van der Waals surface area contributed by atoms with Crippen molar-refractivity contribution in [1.82, 2.24) is 4.98 Å². The Bertz CT molecular complexity index is 454. The zero-order valence-electron chi connectivity index (χ0n) is 8.76. The van der Waals surface area contributed by atoms with Crippen LogP contribution >= 0.6 is 11.8 Å². The summed E-state index contributed by atoms with van der Waals surface area (Å²) in [5.74, 6) is 0.183. The molecule has 0 amide bonds. The number of hydrogen-bond donors (Lipinski definition) is 1. The van der Waals surface area contributed by atoms with Crippen LogP contribution in [0, 0.1) is 16.1 Å². The largest absolute Gasteiger partial charge is 0.352 e. The number of thioether (sulfide) groups is 1. The Balaban J connectivity index is 2.39. The fourth-order valence-electron chi connectivity index (χ4n) is 2.03. The molecular weight excluding hydrogens is 208 g/mol. The van der Waals surface area contributed by atoms with Gasteiger partial charge >= 0.3 is 0 Å². The average Bonchev–Trinajstić information content (AvgIpc) is 2.46. The number of nitrogens with one attached hydrogen (secondary N) is 1. The molecule has 0 saturated heterocycles. The Morgan fingerprint density at radius 1 is 1.53 bits per heavy atom. The van der Waals surface area contributed by atoms with Crippen molar-refractivity contribution in [3.05, 3.63) is 17.3 Å². The zero-order chi connectivity index (χ0) is 11.1. The predicted octanol–water partition coefficient (Wildman–Crippen LogP) is 2.74. The summed E-state index contributed by atoms with van der Waals surface area (Å²) in [4.78, 5) is 14.9. The highest BCUT2D eigenvalue weighted by molar-refractivity contribution is 8.03. The molecule has 0 atom stereocenters. The van der Waals surface area contributed by atoms with Crippen LogP contribution in [0.5, 0.6) is 0 Å². The fourth-order valence-corrected chi connectivity index (χ4v) is 2.48. The van der Waals surface area contributed by atoms with E-state index >= 15 is 0 Å². The molecule has 1 aliphatic rings. The normalized spacial score (nSPS) is 18.3. The van der Waals surface area contributed by atoms with Crippen LogP contribution in [0.25, 0.3) is 0 Å². The quantitative estimate of drug-likeness (QED) is 0.584. The number of Topliss-reactive ketones (excluding diaryl/α,β-unsaturated/α-hetero) is 1. The van der Waals surface area contributed by atoms with Crippen molar-refractivity contribution in [3.63, 3.8) is 0 Å². The number of carbonyl (C=O) groups excluding carboxylic acids is 1. The number of thiocyanates is 1. The van der Waals surface area contributed by atoms with E-state index in [1.807, 2.05) is 5.40 Å². The summed E-state index contributed by atoms with van der Waals surface area (Å²) in [5, 5.41) is 11.3. The number of hydrogen-bond acceptors (Lipinski definition) is 3. The predicted molar refractivity (Wildman–Crippen MR) is 58.7 cm³/mol. The van der Waals surface area contributed by atoms with Crippen molar-refractivity contribution < 1.29 is 4.79 Å². The van der Waals surface area contributed by atoms with Crippen LogP contribution in [0.2, 0.25) is 0 Å². The van der Waals surface area contributed by atoms with Gasteiger partial charge in [0.1, 0.15) is 5.40 Å². The monoisotopic (exact) mass is 220 g/mol. The van der Waals surface area contributed by atoms with Crippen molar-refractivity contribution in [3.8, 4) is 5.40 Å². The van der Waals surface area contributed by atoms with Gasteiger partial charge in [-0.05, 0) is 17.9 Å². The molecule has 1 heterocycles. The smallest absolute Gasteiger partial charge is 0.165 e. The lowest BCUT2D eigenvalue weighted by Crippen LogP contribution is -2.26. The highest BCUT2D eigenvalue weighted by atomic mass is 32.2. The van der Waals surface area contributed by atoms with Gasteiger partial charge in [-0.1, -0.05) is 13.8 Å². The highest BCUT2D eigenvalue weighted by Crippen LogP contribution is 2.36. The first-order chi connectivity index (χ1) is 7.02. The summed E-state index contributed by atoms with van der Waals surface area (Å²) in [7, 11) is 0. The summed E-state index contributed by atoms with van der Waals surface area (Å²) in [5.41, 5.74) is 1.78. The van der Waals surface area contributed by atoms with Crippen molar-refractivity contribution in [2.75, 3.05) is 0 Å². The molecule has 0 aromatic carbocycles. The standard InChI is InChI=1S/C11H12N2OS/c1-11(2)4-8-7(9(14)5-11)3-10(13-8)15-6-12/h3,13H,4-5H2,1-2H3. The van der Waals surface area contributed by atoms with Gasteiger partial charge in [0.2, 0.25) is 0 Å². The lowest BCUT2D eigenvalue weighted by molar-refractivity contribution is 0.0912. The molecule has 0 aliphatic heterocycles. The van der Waals surface area contributed by atoms with E-state index in [-0.39, 0.29) is 11.2 Å². The molecule has 1 aromatic rings. The molecule has 0 fully saturated rings. The molecule has 0 radical (unpaired) electrons. The lowest BCUT2D eigenvalue weighted by atomic mass is 9.76. The number of fused-ring (bicyclic) bond motifs is 1. The maximum absolute atomic E-state index is 11.8. The van der Waals surface area contributed by atoms with Gasteiger partial charge in [-0.3, -0.25) is 4.79 Å². The van der Waals surface area contributed by atoms with E-state index < -0.39 is 0 Å². The van der Waals surface area contributed by atoms with Gasteiger partial charge in [-0.25, -0.2) is 0 Å². The van der Waals surface area contributed by atoms with E-state index in [4.69, 9.17) is 5.26 Å². The highest BCUT2D eigenvalue weighted by Gasteiger charge is 2.32. The average molecular weight is 220 g/mol. The van der Waals surface area contributed by atoms with Crippen LogP contribution in [0.1, 0.15) is 36.3 Å². The number of H-pyrrole nitrogens is 1. The molecule has 1 aliphatic carbocycles. The minimum Gasteiger partial charge on any atom is -0.352 e. The van der Waals surface area contributed by atoms with Gasteiger partial charge in [0.25, 0.3) is 0 Å². The summed E-state index contributed by atoms with van der Waals surface area (Å²) < 4.78 is 0. The third-order valence-electron chi connectivity index (χ3n) is 2.63. The Labute approximate surface area is 92.9 Å². The number of rotatable bonds is 1. The second-order valence-electron chi connectivity index (χ2n) is 4.66. The fraction of sp³-hybridized carbons (Fsp3) is 0.455. The first-order valence-electron chi connectivity index (χ1n) is 4.83. The Morgan fingerprint density at radius 2 is 2.27 bits per heavy atom. The summed E-state index contributed by atoms with van der Waals surface area (Å²) in [6.45, 7) is 4.18. The number of aromatic amines is 1. The molecule has 1 aromatic heterocycles. The Hall–Kier alpha value is -1.21. The molecule has 78 valence electrons. The van der Waals surface area contributed by atoms with Crippen LogP contribution in [-0.2, 0) is 6.42 Å². The number of carbonyl (C=O) groups is 1. The minimum atomic E-state index is 0.0313. The number of ketones is 1. The van der Waals surface area contributed by atoms with Gasteiger partial charge in [0.05, 0.1) is 5.03 Å². The third-order valence-corrected chi connectivity index (χ3v) is 3.16. The van der Waals surface area contributed by atoms with Crippen molar-refractivity contribution in [1.29, 1.82) is 5.26 Å². The first kappa shape index (κ1) is 10.3. The van der Waals surface area contributed by atoms with Gasteiger partial charge in [0, 0.05) is 29.4 Å². The van der Waals surface area contributed by atoms with Crippen LogP contribution in [-0.4, -0.2) is 10.8 Å². The zero-order valence-corrected chi connectivity index (χ0v) is 9.57. The summed E-state index contributed by atoms with van der Waals surface area (Å²) in [6, 6.07) is 1.79. The van der Waals surface area contributed by atoms with E-state index in [9.17, 15) is 4.79 Å². The van der Waals surface area contributed by atoms with E-state index in [0.29, 0.717) is 6.42 Å². The van der Waals surface area contributed by atoms with Gasteiger partial charge in [-0.2, -0.15) is 5.26 Å². The summed E-state index contributed by atoms with van der Waals surface area (Å²) >= 11 is 1.07. The maximum Gasteiger partial charge on any atom is 0.165 e. The molecular formula is C11H12N2OS. The topological polar surface area (TPSA) is 56.6 Å². The minimum absolute atomic E-state index is 0.0313. The molecule has 15 heavy (non-hydrogen) atoms. The SMILES string of the molecule is CC1(C)CC(=O)c2cc(SC#N)[nH]c2C1. The van der Waals surface area contributed by atoms with Crippen molar-refractivity contribution in [2.45, 2.75) is 31.7 Å². The van der Waals surface area contributed by atoms with Crippen LogP contribution in [0.15, 0.2) is 11.1 Å². The van der Waals surface area contributed by atoms with Crippen LogP contribution < -0.4 is 0 Å².